The van der Waals surface area contributed by atoms with Gasteiger partial charge < -0.3 is 10.2 Å². The van der Waals surface area contributed by atoms with Gasteiger partial charge in [0, 0.05) is 23.1 Å². The molecule has 1 atom stereocenters. The molecule has 0 aliphatic carbocycles. The lowest BCUT2D eigenvalue weighted by Gasteiger charge is -2.32. The molecule has 0 bridgehead atoms. The SMILES string of the molecule is Cc1ccc(N(CC(=O)N(Cc2ccc(Cl)cc2Cl)[C@@H](C)C(=O)NCC(C)C)S(C)(=O)=O)c(C)c1. The van der Waals surface area contributed by atoms with Crippen LogP contribution in [-0.2, 0) is 26.2 Å². The second kappa shape index (κ2) is 12.1. The van der Waals surface area contributed by atoms with E-state index in [1.165, 1.54) is 4.90 Å². The molecule has 0 spiro atoms. The van der Waals surface area contributed by atoms with E-state index in [1.54, 1.807) is 44.2 Å². The number of benzene rings is 2. The number of carbonyl (C=O) groups excluding carboxylic acids is 2. The Morgan fingerprint density at radius 1 is 1.03 bits per heavy atom. The van der Waals surface area contributed by atoms with Crippen molar-refractivity contribution in [3.05, 3.63) is 63.1 Å². The van der Waals surface area contributed by atoms with Gasteiger partial charge in [-0.2, -0.15) is 0 Å². The Morgan fingerprint density at radius 3 is 2.23 bits per heavy atom. The summed E-state index contributed by atoms with van der Waals surface area (Å²) in [6, 6.07) is 9.34. The topological polar surface area (TPSA) is 86.8 Å². The third kappa shape index (κ3) is 8.12. The number of amides is 2. The van der Waals surface area contributed by atoms with Crippen LogP contribution in [0, 0.1) is 19.8 Å². The molecule has 35 heavy (non-hydrogen) atoms. The Bertz CT molecular complexity index is 1190. The van der Waals surface area contributed by atoms with E-state index < -0.39 is 28.5 Å². The average Bonchev–Trinajstić information content (AvgIpc) is 2.74. The smallest absolute Gasteiger partial charge is 0.244 e. The van der Waals surface area contributed by atoms with Crippen molar-refractivity contribution in [1.29, 1.82) is 0 Å². The third-order valence-corrected chi connectivity index (χ3v) is 7.22. The van der Waals surface area contributed by atoms with Crippen molar-refractivity contribution in [3.8, 4) is 0 Å². The lowest BCUT2D eigenvalue weighted by atomic mass is 10.1. The molecule has 2 rings (SSSR count). The van der Waals surface area contributed by atoms with Crippen LogP contribution >= 0.6 is 23.2 Å². The fourth-order valence-corrected chi connectivity index (χ4v) is 4.92. The molecule has 7 nitrogen and oxygen atoms in total. The van der Waals surface area contributed by atoms with Crippen molar-refractivity contribution in [3.63, 3.8) is 0 Å². The van der Waals surface area contributed by atoms with Gasteiger partial charge in [-0.15, -0.1) is 0 Å². The Kier molecular flexibility index (Phi) is 10.0. The first-order valence-electron chi connectivity index (χ1n) is 11.3. The molecule has 0 aliphatic rings. The summed E-state index contributed by atoms with van der Waals surface area (Å²) in [5.74, 6) is -0.644. The highest BCUT2D eigenvalue weighted by Gasteiger charge is 2.31. The molecule has 1 N–H and O–H groups in total. The summed E-state index contributed by atoms with van der Waals surface area (Å²) in [5.41, 5.74) is 2.69. The monoisotopic (exact) mass is 541 g/mol. The van der Waals surface area contributed by atoms with Gasteiger partial charge in [-0.25, -0.2) is 8.42 Å². The molecular weight excluding hydrogens is 509 g/mol. The molecule has 192 valence electrons. The van der Waals surface area contributed by atoms with Crippen molar-refractivity contribution >= 4 is 50.7 Å². The number of nitrogens with one attached hydrogen (secondary N) is 1. The number of halogens is 2. The number of aryl methyl sites for hydroxylation is 2. The summed E-state index contributed by atoms with van der Waals surface area (Å²) in [6.45, 7) is 9.24. The number of rotatable bonds is 10. The number of sulfonamides is 1. The maximum absolute atomic E-state index is 13.6. The Balaban J connectivity index is 2.44. The standard InChI is InChI=1S/C25H33Cl2N3O4S/c1-16(2)13-28-25(32)19(5)29(14-20-8-9-21(26)12-22(20)27)24(31)15-30(35(6,33)34)23-10-7-17(3)11-18(23)4/h7-12,16,19H,13-15H2,1-6H3,(H,28,32)/t19-/m0/s1. The van der Waals surface area contributed by atoms with Crippen molar-refractivity contribution in [2.24, 2.45) is 5.92 Å². The molecule has 0 aliphatic heterocycles. The fraction of sp³-hybridized carbons (Fsp3) is 0.440. The highest BCUT2D eigenvalue weighted by molar-refractivity contribution is 7.92. The van der Waals surface area contributed by atoms with Crippen LogP contribution in [0.15, 0.2) is 36.4 Å². The predicted molar refractivity (Wildman–Crippen MR) is 142 cm³/mol. The van der Waals surface area contributed by atoms with Gasteiger partial charge in [0.15, 0.2) is 0 Å². The number of nitrogens with zero attached hydrogens (tertiary/aromatic N) is 2. The maximum atomic E-state index is 13.6. The largest absolute Gasteiger partial charge is 0.354 e. The maximum Gasteiger partial charge on any atom is 0.244 e. The third-order valence-electron chi connectivity index (χ3n) is 5.51. The van der Waals surface area contributed by atoms with Gasteiger partial charge in [0.1, 0.15) is 12.6 Å². The van der Waals surface area contributed by atoms with Gasteiger partial charge in [-0.05, 0) is 56.0 Å². The first-order valence-corrected chi connectivity index (χ1v) is 13.9. The molecule has 0 fully saturated rings. The molecule has 0 saturated heterocycles. The Morgan fingerprint density at radius 2 is 1.69 bits per heavy atom. The molecular formula is C25H33Cl2N3O4S. The summed E-state index contributed by atoms with van der Waals surface area (Å²) in [6.07, 6.45) is 1.05. The van der Waals surface area contributed by atoms with Gasteiger partial charge in [-0.3, -0.25) is 13.9 Å². The molecule has 0 radical (unpaired) electrons. The Hall–Kier alpha value is -2.29. The lowest BCUT2D eigenvalue weighted by Crippen LogP contribution is -2.51. The summed E-state index contributed by atoms with van der Waals surface area (Å²) < 4.78 is 26.5. The molecule has 2 amide bonds. The summed E-state index contributed by atoms with van der Waals surface area (Å²) in [7, 11) is -3.79. The highest BCUT2D eigenvalue weighted by Crippen LogP contribution is 2.26. The zero-order chi connectivity index (χ0) is 26.5. The minimum atomic E-state index is -3.79. The number of hydrogen-bond donors (Lipinski definition) is 1. The van der Waals surface area contributed by atoms with Crippen molar-refractivity contribution in [2.75, 3.05) is 23.7 Å². The first-order chi connectivity index (χ1) is 16.2. The van der Waals surface area contributed by atoms with Crippen molar-refractivity contribution in [1.82, 2.24) is 10.2 Å². The van der Waals surface area contributed by atoms with Crippen LogP contribution in [-0.4, -0.2) is 50.5 Å². The van der Waals surface area contributed by atoms with E-state index in [2.05, 4.69) is 5.32 Å². The lowest BCUT2D eigenvalue weighted by molar-refractivity contribution is -0.139. The van der Waals surface area contributed by atoms with E-state index in [9.17, 15) is 18.0 Å². The quantitative estimate of drug-likeness (QED) is 0.477. The molecule has 2 aromatic rings. The Labute approximate surface area is 218 Å². The van der Waals surface area contributed by atoms with E-state index in [0.29, 0.717) is 27.8 Å². The van der Waals surface area contributed by atoms with Crippen LogP contribution in [0.2, 0.25) is 10.0 Å². The van der Waals surface area contributed by atoms with Crippen molar-refractivity contribution in [2.45, 2.75) is 47.2 Å². The number of carbonyl (C=O) groups is 2. The molecule has 0 aromatic heterocycles. The van der Waals surface area contributed by atoms with Crippen LogP contribution in [0.25, 0.3) is 0 Å². The van der Waals surface area contributed by atoms with E-state index >= 15 is 0 Å². The normalized spacial score (nSPS) is 12.4. The zero-order valence-electron chi connectivity index (χ0n) is 20.9. The minimum Gasteiger partial charge on any atom is -0.354 e. The van der Waals surface area contributed by atoms with Gasteiger partial charge >= 0.3 is 0 Å². The summed E-state index contributed by atoms with van der Waals surface area (Å²) in [5, 5.41) is 3.63. The highest BCUT2D eigenvalue weighted by atomic mass is 35.5. The zero-order valence-corrected chi connectivity index (χ0v) is 23.3. The fourth-order valence-electron chi connectivity index (χ4n) is 3.55. The average molecular weight is 543 g/mol. The van der Waals surface area contributed by atoms with Gasteiger partial charge in [0.05, 0.1) is 11.9 Å². The van der Waals surface area contributed by atoms with Crippen LogP contribution in [0.5, 0.6) is 0 Å². The number of hydrogen-bond acceptors (Lipinski definition) is 4. The van der Waals surface area contributed by atoms with Crippen molar-refractivity contribution < 1.29 is 18.0 Å². The van der Waals surface area contributed by atoms with Gasteiger partial charge in [0.25, 0.3) is 0 Å². The van der Waals surface area contributed by atoms with Gasteiger partial charge in [-0.1, -0.05) is 60.8 Å². The van der Waals surface area contributed by atoms with Crippen LogP contribution in [0.1, 0.15) is 37.5 Å². The van der Waals surface area contributed by atoms with E-state index in [4.69, 9.17) is 23.2 Å². The molecule has 2 aromatic carbocycles. The van der Waals surface area contributed by atoms with E-state index in [0.717, 1.165) is 21.7 Å². The van der Waals surface area contributed by atoms with Gasteiger partial charge in [0.2, 0.25) is 21.8 Å². The second-order valence-electron chi connectivity index (χ2n) is 9.13. The molecule has 0 unspecified atom stereocenters. The van der Waals surface area contributed by atoms with Crippen LogP contribution in [0.4, 0.5) is 5.69 Å². The number of anilines is 1. The van der Waals surface area contributed by atoms with E-state index in [-0.39, 0.29) is 18.4 Å². The predicted octanol–water partition coefficient (Wildman–Crippen LogP) is 4.57. The summed E-state index contributed by atoms with van der Waals surface area (Å²) >= 11 is 12.4. The first kappa shape index (κ1) is 28.9. The van der Waals surface area contributed by atoms with E-state index in [1.807, 2.05) is 26.8 Å². The second-order valence-corrected chi connectivity index (χ2v) is 11.9. The molecule has 10 heteroatoms. The minimum absolute atomic E-state index is 0.00951. The molecule has 0 heterocycles. The molecule has 0 saturated carbocycles. The van der Waals surface area contributed by atoms with Crippen LogP contribution in [0.3, 0.4) is 0 Å². The summed E-state index contributed by atoms with van der Waals surface area (Å²) in [4.78, 5) is 27.8. The van der Waals surface area contributed by atoms with Crippen LogP contribution < -0.4 is 9.62 Å².